The first-order valence-electron chi connectivity index (χ1n) is 4.65. The molecule has 0 unspecified atom stereocenters. The molecule has 2 nitrogen and oxygen atoms in total. The van der Waals surface area contributed by atoms with Gasteiger partial charge in [0, 0.05) is 16.8 Å². The van der Waals surface area contributed by atoms with Crippen LogP contribution in [0.5, 0.6) is 0 Å². The average molecular weight is 219 g/mol. The number of anilines is 1. The second-order valence-electron chi connectivity index (χ2n) is 3.40. The maximum absolute atomic E-state index is 5.96. The van der Waals surface area contributed by atoms with Crippen molar-refractivity contribution in [2.75, 3.05) is 5.73 Å². The number of hydrogen-bond acceptors (Lipinski definition) is 2. The lowest BCUT2D eigenvalue weighted by atomic mass is 10.1. The number of nitrogens with two attached hydrogens (primary N) is 1. The Morgan fingerprint density at radius 1 is 1.13 bits per heavy atom. The molecule has 1 aromatic carbocycles. The molecule has 1 heterocycles. The predicted octanol–water partition coefficient (Wildman–Crippen LogP) is 3.29. The van der Waals surface area contributed by atoms with E-state index >= 15 is 0 Å². The molecule has 0 saturated heterocycles. The standard InChI is InChI=1S/C12H11ClN2/c1-8-6-7-15-12(11(8)14)9-2-4-10(13)5-3-9/h2-7H,14H2,1H3. The Morgan fingerprint density at radius 3 is 2.47 bits per heavy atom. The quantitative estimate of drug-likeness (QED) is 0.798. The largest absolute Gasteiger partial charge is 0.397 e. The fourth-order valence-electron chi connectivity index (χ4n) is 1.41. The highest BCUT2D eigenvalue weighted by Crippen LogP contribution is 2.26. The Kier molecular flexibility index (Phi) is 2.60. The minimum absolute atomic E-state index is 0.713. The number of hydrogen-bond donors (Lipinski definition) is 1. The smallest absolute Gasteiger partial charge is 0.0933 e. The normalized spacial score (nSPS) is 10.3. The van der Waals surface area contributed by atoms with Crippen molar-refractivity contribution in [2.24, 2.45) is 0 Å². The molecule has 3 heteroatoms. The van der Waals surface area contributed by atoms with E-state index in [4.69, 9.17) is 17.3 Å². The molecule has 15 heavy (non-hydrogen) atoms. The van der Waals surface area contributed by atoms with E-state index in [1.54, 1.807) is 6.20 Å². The van der Waals surface area contributed by atoms with E-state index in [0.29, 0.717) is 5.02 Å². The van der Waals surface area contributed by atoms with Crippen molar-refractivity contribution < 1.29 is 0 Å². The number of aryl methyl sites for hydroxylation is 1. The maximum Gasteiger partial charge on any atom is 0.0933 e. The molecule has 1 aromatic heterocycles. The molecule has 0 spiro atoms. The fourth-order valence-corrected chi connectivity index (χ4v) is 1.53. The average Bonchev–Trinajstić information content (AvgIpc) is 2.24. The van der Waals surface area contributed by atoms with Crippen LogP contribution in [0.1, 0.15) is 5.56 Å². The highest BCUT2D eigenvalue weighted by atomic mass is 35.5. The number of rotatable bonds is 1. The van der Waals surface area contributed by atoms with Crippen LogP contribution in [-0.4, -0.2) is 4.98 Å². The highest BCUT2D eigenvalue weighted by Gasteiger charge is 2.05. The molecule has 0 saturated carbocycles. The summed E-state index contributed by atoms with van der Waals surface area (Å²) < 4.78 is 0. The van der Waals surface area contributed by atoms with Gasteiger partial charge in [-0.3, -0.25) is 4.98 Å². The Balaban J connectivity index is 2.54. The van der Waals surface area contributed by atoms with Crippen molar-refractivity contribution in [1.82, 2.24) is 4.98 Å². The van der Waals surface area contributed by atoms with Crippen LogP contribution in [0.25, 0.3) is 11.3 Å². The van der Waals surface area contributed by atoms with Gasteiger partial charge in [0.25, 0.3) is 0 Å². The third kappa shape index (κ3) is 1.95. The zero-order chi connectivity index (χ0) is 10.8. The number of pyridine rings is 1. The van der Waals surface area contributed by atoms with E-state index in [1.807, 2.05) is 37.3 Å². The van der Waals surface area contributed by atoms with Crippen molar-refractivity contribution in [3.63, 3.8) is 0 Å². The zero-order valence-corrected chi connectivity index (χ0v) is 9.12. The summed E-state index contributed by atoms with van der Waals surface area (Å²) in [6.45, 7) is 1.97. The first-order chi connectivity index (χ1) is 7.18. The van der Waals surface area contributed by atoms with Crippen molar-refractivity contribution in [3.8, 4) is 11.3 Å². The summed E-state index contributed by atoms with van der Waals surface area (Å²) in [6.07, 6.45) is 1.76. The van der Waals surface area contributed by atoms with Crippen LogP contribution in [0.15, 0.2) is 36.5 Å². The first-order valence-corrected chi connectivity index (χ1v) is 5.03. The van der Waals surface area contributed by atoms with Gasteiger partial charge < -0.3 is 5.73 Å². The van der Waals surface area contributed by atoms with Gasteiger partial charge in [-0.2, -0.15) is 0 Å². The monoisotopic (exact) mass is 218 g/mol. The van der Waals surface area contributed by atoms with Crippen LogP contribution < -0.4 is 5.73 Å². The van der Waals surface area contributed by atoms with Gasteiger partial charge in [-0.15, -0.1) is 0 Å². The molecule has 2 N–H and O–H groups in total. The molecule has 2 aromatic rings. The van der Waals surface area contributed by atoms with Crippen LogP contribution in [0.2, 0.25) is 5.02 Å². The molecular formula is C12H11ClN2. The molecule has 2 rings (SSSR count). The summed E-state index contributed by atoms with van der Waals surface area (Å²) in [5.41, 5.74) is 9.51. The van der Waals surface area contributed by atoms with Gasteiger partial charge in [0.1, 0.15) is 0 Å². The zero-order valence-electron chi connectivity index (χ0n) is 8.37. The Morgan fingerprint density at radius 2 is 1.80 bits per heavy atom. The van der Waals surface area contributed by atoms with E-state index < -0.39 is 0 Å². The summed E-state index contributed by atoms with van der Waals surface area (Å²) in [4.78, 5) is 4.27. The lowest BCUT2D eigenvalue weighted by Crippen LogP contribution is -1.95. The SMILES string of the molecule is Cc1ccnc(-c2ccc(Cl)cc2)c1N. The molecule has 0 amide bonds. The van der Waals surface area contributed by atoms with Gasteiger partial charge in [0.2, 0.25) is 0 Å². The van der Waals surface area contributed by atoms with E-state index in [-0.39, 0.29) is 0 Å². The number of aromatic nitrogens is 1. The van der Waals surface area contributed by atoms with E-state index in [0.717, 1.165) is 22.5 Å². The fraction of sp³-hybridized carbons (Fsp3) is 0.0833. The summed E-state index contributed by atoms with van der Waals surface area (Å²) in [5.74, 6) is 0. The van der Waals surface area contributed by atoms with Crippen LogP contribution in [0.3, 0.4) is 0 Å². The minimum atomic E-state index is 0.713. The van der Waals surface area contributed by atoms with E-state index in [2.05, 4.69) is 4.98 Å². The van der Waals surface area contributed by atoms with Crippen molar-refractivity contribution in [1.29, 1.82) is 0 Å². The molecule has 0 aliphatic carbocycles. The predicted molar refractivity (Wildman–Crippen MR) is 63.8 cm³/mol. The number of nitrogen functional groups attached to an aromatic ring is 1. The molecule has 0 aliphatic rings. The Labute approximate surface area is 93.7 Å². The Bertz CT molecular complexity index is 477. The third-order valence-corrected chi connectivity index (χ3v) is 2.58. The molecule has 0 bridgehead atoms. The van der Waals surface area contributed by atoms with Crippen molar-refractivity contribution in [3.05, 3.63) is 47.1 Å². The van der Waals surface area contributed by atoms with Gasteiger partial charge in [0.05, 0.1) is 11.4 Å². The molecule has 0 fully saturated rings. The van der Waals surface area contributed by atoms with E-state index in [1.165, 1.54) is 0 Å². The van der Waals surface area contributed by atoms with Gasteiger partial charge in [0.15, 0.2) is 0 Å². The lowest BCUT2D eigenvalue weighted by Gasteiger charge is -2.06. The summed E-state index contributed by atoms with van der Waals surface area (Å²) in [7, 11) is 0. The summed E-state index contributed by atoms with van der Waals surface area (Å²) >= 11 is 5.82. The summed E-state index contributed by atoms with van der Waals surface area (Å²) in [6, 6.07) is 9.40. The lowest BCUT2D eigenvalue weighted by molar-refractivity contribution is 1.29. The number of benzene rings is 1. The van der Waals surface area contributed by atoms with Gasteiger partial charge in [-0.1, -0.05) is 23.7 Å². The molecule has 0 aliphatic heterocycles. The Hall–Kier alpha value is -1.54. The van der Waals surface area contributed by atoms with Crippen LogP contribution in [0, 0.1) is 6.92 Å². The first kappa shape index (κ1) is 9.99. The topological polar surface area (TPSA) is 38.9 Å². The van der Waals surface area contributed by atoms with Crippen LogP contribution in [0.4, 0.5) is 5.69 Å². The van der Waals surface area contributed by atoms with E-state index in [9.17, 15) is 0 Å². The van der Waals surface area contributed by atoms with Crippen molar-refractivity contribution >= 4 is 17.3 Å². The van der Waals surface area contributed by atoms with Crippen molar-refractivity contribution in [2.45, 2.75) is 6.92 Å². The second-order valence-corrected chi connectivity index (χ2v) is 3.83. The second kappa shape index (κ2) is 3.91. The molecule has 76 valence electrons. The maximum atomic E-state index is 5.96. The minimum Gasteiger partial charge on any atom is -0.397 e. The summed E-state index contributed by atoms with van der Waals surface area (Å²) in [5, 5.41) is 0.713. The third-order valence-electron chi connectivity index (χ3n) is 2.33. The number of nitrogens with zero attached hydrogens (tertiary/aromatic N) is 1. The van der Waals surface area contributed by atoms with Gasteiger partial charge in [-0.25, -0.2) is 0 Å². The molecular weight excluding hydrogens is 208 g/mol. The molecule has 0 atom stereocenters. The highest BCUT2D eigenvalue weighted by molar-refractivity contribution is 6.30. The van der Waals surface area contributed by atoms with Crippen LogP contribution >= 0.6 is 11.6 Å². The van der Waals surface area contributed by atoms with Gasteiger partial charge >= 0.3 is 0 Å². The van der Waals surface area contributed by atoms with Gasteiger partial charge in [-0.05, 0) is 30.7 Å². The number of halogens is 1. The van der Waals surface area contributed by atoms with Crippen LogP contribution in [-0.2, 0) is 0 Å². The molecule has 0 radical (unpaired) electrons.